The Bertz CT molecular complexity index is 3040. The van der Waals surface area contributed by atoms with Crippen LogP contribution < -0.4 is 16.4 Å². The second-order valence-corrected chi connectivity index (χ2v) is 23.7. The molecule has 2 atom stereocenters. The molecule has 0 radical (unpaired) electrons. The van der Waals surface area contributed by atoms with E-state index < -0.39 is 68.3 Å². The lowest BCUT2D eigenvalue weighted by atomic mass is 9.85. The highest BCUT2D eigenvalue weighted by atomic mass is 35.5. The van der Waals surface area contributed by atoms with Gasteiger partial charge in [-0.2, -0.15) is 8.61 Å². The number of hydrogen-bond donors (Lipinski definition) is 3. The number of nitrogens with one attached hydrogen (secondary N) is 2. The largest absolute Gasteiger partial charge is 0.375 e. The molecule has 0 aliphatic carbocycles. The van der Waals surface area contributed by atoms with E-state index in [9.17, 15) is 36.0 Å². The molecule has 0 spiro atoms. The smallest absolute Gasteiger partial charge is 0.253 e. The lowest BCUT2D eigenvalue weighted by Crippen LogP contribution is -2.76. The molecule has 2 unspecified atom stereocenters. The molecule has 65 heavy (non-hydrogen) atoms. The highest BCUT2D eigenvalue weighted by Gasteiger charge is 2.57. The van der Waals surface area contributed by atoms with Gasteiger partial charge < -0.3 is 26.2 Å². The number of amides is 4. The minimum atomic E-state index is -4.23. The van der Waals surface area contributed by atoms with Crippen molar-refractivity contribution >= 4 is 126 Å². The van der Waals surface area contributed by atoms with Crippen LogP contribution in [0.15, 0.2) is 86.9 Å². The number of piperazine rings is 2. The summed E-state index contributed by atoms with van der Waals surface area (Å²) in [4.78, 5) is 69.3. The average molecular weight is 1020 g/mol. The number of sulfonamides is 2. The first-order valence-corrected chi connectivity index (χ1v) is 26.2. The number of anilines is 1. The van der Waals surface area contributed by atoms with Crippen molar-refractivity contribution in [1.82, 2.24) is 39.0 Å². The van der Waals surface area contributed by atoms with E-state index in [0.29, 0.717) is 47.5 Å². The predicted molar refractivity (Wildman–Crippen MR) is 251 cm³/mol. The number of thiophene rings is 2. The summed E-state index contributed by atoms with van der Waals surface area (Å²) in [5, 5.41) is 9.92. The maximum Gasteiger partial charge on any atom is 0.253 e. The zero-order chi connectivity index (χ0) is 46.3. The lowest BCUT2D eigenvalue weighted by Gasteiger charge is -2.51. The molecule has 4 aromatic heterocycles. The number of fused-ring (bicyclic) bond motifs is 2. The van der Waals surface area contributed by atoms with Gasteiger partial charge in [0.2, 0.25) is 23.6 Å². The van der Waals surface area contributed by atoms with Crippen LogP contribution in [-0.4, -0.2) is 133 Å². The summed E-state index contributed by atoms with van der Waals surface area (Å²) in [5.74, 6) is -3.20. The van der Waals surface area contributed by atoms with Crippen LogP contribution in [0.25, 0.3) is 20.2 Å². The van der Waals surface area contributed by atoms with E-state index >= 15 is 0 Å². The normalized spacial score (nSPS) is 17.1. The van der Waals surface area contributed by atoms with Crippen LogP contribution in [0.2, 0.25) is 10.0 Å². The van der Waals surface area contributed by atoms with Crippen molar-refractivity contribution in [2.75, 3.05) is 58.1 Å². The summed E-state index contributed by atoms with van der Waals surface area (Å²) in [6.07, 6.45) is 3.78. The Labute approximate surface area is 396 Å². The van der Waals surface area contributed by atoms with Crippen molar-refractivity contribution in [3.05, 3.63) is 99.7 Å². The van der Waals surface area contributed by atoms with Crippen molar-refractivity contribution < 1.29 is 36.0 Å². The van der Waals surface area contributed by atoms with Crippen molar-refractivity contribution in [1.29, 1.82) is 0 Å². The fourth-order valence-corrected chi connectivity index (χ4v) is 15.0. The molecule has 8 rings (SSSR count). The number of nitrogens with zero attached hydrogens (tertiary/aromatic N) is 6. The number of benzene rings is 2. The van der Waals surface area contributed by atoms with E-state index in [1.54, 1.807) is 66.3 Å². The van der Waals surface area contributed by atoms with Crippen molar-refractivity contribution in [3.8, 4) is 0 Å². The van der Waals surface area contributed by atoms with Gasteiger partial charge in [0.25, 0.3) is 20.0 Å². The summed E-state index contributed by atoms with van der Waals surface area (Å²) in [7, 11) is -8.46. The number of carbonyl (C=O) groups excluding carboxylic acids is 4. The predicted octanol–water partition coefficient (Wildman–Crippen LogP) is 4.07. The van der Waals surface area contributed by atoms with Gasteiger partial charge in [-0.15, -0.1) is 34.0 Å². The molecule has 24 heteroatoms. The van der Waals surface area contributed by atoms with Gasteiger partial charge in [0.05, 0.1) is 18.8 Å². The SMILES string of the molecule is CC(C(=O)NCCc1ccncc1)(C(C(=O)NCCc1csc(N)n1)N1CCN(S(=O)(=O)c2cc3ccc(Cl)cc3s2)CC1=O)N1CCN(S(=O)(=O)c2cc3ccc(Cl)cc3s2)CC1=O. The van der Waals surface area contributed by atoms with E-state index in [-0.39, 0.29) is 54.1 Å². The van der Waals surface area contributed by atoms with E-state index in [1.807, 2.05) is 0 Å². The molecular weight excluding hydrogens is 978 g/mol. The third kappa shape index (κ3) is 9.59. The topological polar surface area (TPSA) is 225 Å². The fraction of sp³-hybridized carbons (Fsp3) is 0.317. The summed E-state index contributed by atoms with van der Waals surface area (Å²) < 4.78 is 59.5. The Kier molecular flexibility index (Phi) is 13.5. The van der Waals surface area contributed by atoms with Crippen molar-refractivity contribution in [3.63, 3.8) is 0 Å². The number of pyridine rings is 1. The molecule has 6 aromatic rings. The summed E-state index contributed by atoms with van der Waals surface area (Å²) in [6.45, 7) is -1.15. The Morgan fingerprint density at radius 1 is 0.785 bits per heavy atom. The van der Waals surface area contributed by atoms with Gasteiger partial charge in [-0.1, -0.05) is 35.3 Å². The van der Waals surface area contributed by atoms with Crippen LogP contribution in [0.3, 0.4) is 0 Å². The molecule has 0 bridgehead atoms. The summed E-state index contributed by atoms with van der Waals surface area (Å²) in [5.41, 5.74) is 5.09. The molecule has 4 amide bonds. The van der Waals surface area contributed by atoms with Crippen LogP contribution in [0.5, 0.6) is 0 Å². The van der Waals surface area contributed by atoms with Crippen molar-refractivity contribution in [2.45, 2.75) is 39.8 Å². The highest BCUT2D eigenvalue weighted by Crippen LogP contribution is 2.37. The molecule has 2 aliphatic heterocycles. The first kappa shape index (κ1) is 46.7. The van der Waals surface area contributed by atoms with Gasteiger partial charge in [0, 0.05) is 82.9 Å². The number of carbonyl (C=O) groups is 4. The average Bonchev–Trinajstić information content (AvgIpc) is 4.03. The van der Waals surface area contributed by atoms with E-state index in [0.717, 1.165) is 46.6 Å². The first-order valence-electron chi connectivity index (χ1n) is 20.1. The monoisotopic (exact) mass is 1020 g/mol. The van der Waals surface area contributed by atoms with Gasteiger partial charge in [0.1, 0.15) is 20.0 Å². The highest BCUT2D eigenvalue weighted by molar-refractivity contribution is 7.91. The second kappa shape index (κ2) is 18.8. The van der Waals surface area contributed by atoms with Crippen molar-refractivity contribution in [2.24, 2.45) is 0 Å². The number of nitrogens with two attached hydrogens (primary N) is 1. The van der Waals surface area contributed by atoms with Gasteiger partial charge in [-0.05, 0) is 78.2 Å². The zero-order valence-corrected chi connectivity index (χ0v) is 40.1. The number of nitrogen functional groups attached to an aromatic ring is 1. The minimum Gasteiger partial charge on any atom is -0.375 e. The van der Waals surface area contributed by atoms with Crippen LogP contribution in [-0.2, 0) is 52.1 Å². The second-order valence-electron chi connectivity index (χ2n) is 15.4. The number of rotatable bonds is 15. The molecule has 342 valence electrons. The molecule has 2 fully saturated rings. The number of thiazole rings is 1. The zero-order valence-electron chi connectivity index (χ0n) is 34.5. The Morgan fingerprint density at radius 3 is 1.91 bits per heavy atom. The molecule has 2 aliphatic rings. The van der Waals surface area contributed by atoms with E-state index in [1.165, 1.54) is 30.4 Å². The Hall–Kier alpha value is -4.78. The maximum atomic E-state index is 14.9. The van der Waals surface area contributed by atoms with Crippen LogP contribution in [0.1, 0.15) is 18.2 Å². The van der Waals surface area contributed by atoms with Crippen LogP contribution in [0, 0.1) is 0 Å². The molecule has 2 aromatic carbocycles. The third-order valence-electron chi connectivity index (χ3n) is 11.3. The maximum absolute atomic E-state index is 14.9. The molecule has 2 saturated heterocycles. The van der Waals surface area contributed by atoms with Gasteiger partial charge in [-0.25, -0.2) is 21.8 Å². The lowest BCUT2D eigenvalue weighted by molar-refractivity contribution is -0.163. The third-order valence-corrected chi connectivity index (χ3v) is 19.3. The number of hydrogen-bond acceptors (Lipinski definition) is 14. The van der Waals surface area contributed by atoms with Crippen LogP contribution >= 0.6 is 57.2 Å². The van der Waals surface area contributed by atoms with Gasteiger partial charge in [-0.3, -0.25) is 24.2 Å². The van der Waals surface area contributed by atoms with Gasteiger partial charge in [0.15, 0.2) is 5.13 Å². The van der Waals surface area contributed by atoms with Crippen LogP contribution in [0.4, 0.5) is 5.13 Å². The number of aromatic nitrogens is 2. The Balaban J connectivity index is 1.12. The Morgan fingerprint density at radius 2 is 1.35 bits per heavy atom. The summed E-state index contributed by atoms with van der Waals surface area (Å²) >= 11 is 15.6. The van der Waals surface area contributed by atoms with E-state index in [4.69, 9.17) is 28.9 Å². The molecular formula is C41H41Cl2N9O8S5. The molecule has 0 saturated carbocycles. The van der Waals surface area contributed by atoms with Gasteiger partial charge >= 0.3 is 0 Å². The standard InChI is InChI=1S/C41H41Cl2N9O8S5/c1-41(39(56)47-12-8-25-6-10-45-11-7-25,52-17-15-50(23-34(52)54)65(59,60)36-19-27-3-5-29(43)21-32(27)63-36)37(38(55)46-13-9-30-24-61-40(44)48-30)51-16-14-49(22-33(51)53)64(57,58)35-18-26-2-4-28(42)20-31(26)62-35/h2-7,10-11,18-21,24,37H,8-9,12-17,22-23H2,1H3,(H2,44,48)(H,46,55)(H,47,56). The molecule has 4 N–H and O–H groups in total. The quantitative estimate of drug-likeness (QED) is 0.133. The molecule has 6 heterocycles. The van der Waals surface area contributed by atoms with E-state index in [2.05, 4.69) is 20.6 Å². The fourth-order valence-electron chi connectivity index (χ4n) is 7.95. The summed E-state index contributed by atoms with van der Waals surface area (Å²) in [6, 6.07) is 14.8. The molecule has 17 nitrogen and oxygen atoms in total. The first-order chi connectivity index (χ1) is 30.9. The minimum absolute atomic E-state index is 0.00289. The number of halogens is 2.